The van der Waals surface area contributed by atoms with Gasteiger partial charge in [0.15, 0.2) is 0 Å². The quantitative estimate of drug-likeness (QED) is 0.235. The normalized spacial score (nSPS) is 23.2. The van der Waals surface area contributed by atoms with E-state index in [1.165, 1.54) is 12.1 Å². The third-order valence-electron chi connectivity index (χ3n) is 7.43. The van der Waals surface area contributed by atoms with Crippen molar-refractivity contribution in [1.29, 1.82) is 0 Å². The lowest BCUT2D eigenvalue weighted by Gasteiger charge is -2.20. The summed E-state index contributed by atoms with van der Waals surface area (Å²) in [6, 6.07) is 16.9. The van der Waals surface area contributed by atoms with E-state index in [9.17, 15) is 20.4 Å². The molecule has 2 atom stereocenters. The van der Waals surface area contributed by atoms with Crippen molar-refractivity contribution in [2.75, 3.05) is 0 Å². The van der Waals surface area contributed by atoms with Crippen molar-refractivity contribution in [3.05, 3.63) is 118 Å². The molecule has 3 aliphatic heterocycles. The zero-order valence-electron chi connectivity index (χ0n) is 21.3. The van der Waals surface area contributed by atoms with Crippen LogP contribution in [0.5, 0.6) is 23.0 Å². The summed E-state index contributed by atoms with van der Waals surface area (Å²) in [5.41, 5.74) is 6.54. The first-order chi connectivity index (χ1) is 19.4. The van der Waals surface area contributed by atoms with E-state index in [0.29, 0.717) is 12.0 Å². The van der Waals surface area contributed by atoms with E-state index in [4.69, 9.17) is 9.98 Å². The molecule has 0 amide bonds. The van der Waals surface area contributed by atoms with Gasteiger partial charge in [0.2, 0.25) is 0 Å². The van der Waals surface area contributed by atoms with Gasteiger partial charge < -0.3 is 30.4 Å². The average molecular weight is 531 g/mol. The Kier molecular flexibility index (Phi) is 5.48. The zero-order valence-corrected chi connectivity index (χ0v) is 21.3. The summed E-state index contributed by atoms with van der Waals surface area (Å²) in [5, 5.41) is 42.6. The molecule has 0 saturated heterocycles. The molecular formula is C32H26N4O4. The second-order valence-electron chi connectivity index (χ2n) is 10.3. The minimum Gasteiger partial charge on any atom is -0.508 e. The second-order valence-corrected chi connectivity index (χ2v) is 10.3. The van der Waals surface area contributed by atoms with Crippen LogP contribution >= 0.6 is 0 Å². The maximum atomic E-state index is 10.2. The average Bonchev–Trinajstić information content (AvgIpc) is 3.69. The molecule has 0 spiro atoms. The highest BCUT2D eigenvalue weighted by molar-refractivity contribution is 6.24. The van der Waals surface area contributed by atoms with Crippen LogP contribution in [0.1, 0.15) is 41.3 Å². The van der Waals surface area contributed by atoms with Gasteiger partial charge in [0.05, 0.1) is 23.4 Å². The van der Waals surface area contributed by atoms with E-state index < -0.39 is 0 Å². The maximum absolute atomic E-state index is 10.2. The number of benzene rings is 2. The molecule has 8 heteroatoms. The molecular weight excluding hydrogens is 504 g/mol. The summed E-state index contributed by atoms with van der Waals surface area (Å²) in [4.78, 5) is 16.9. The summed E-state index contributed by atoms with van der Waals surface area (Å²) in [7, 11) is 0. The Morgan fingerprint density at radius 3 is 2.27 bits per heavy atom. The molecule has 7 rings (SSSR count). The van der Waals surface area contributed by atoms with Gasteiger partial charge in [-0.15, -0.1) is 0 Å². The maximum Gasteiger partial charge on any atom is 0.119 e. The monoisotopic (exact) mass is 530 g/mol. The first-order valence-corrected chi connectivity index (χ1v) is 13.1. The standard InChI is InChI=1S/C32H26N4O4/c37-23-9-17(10-24(38)15-23)31-27-5-1-19(33-27)13-20-2-6-29(34-20)32(18-11-25(39)16-26(40)12-18)30-8-4-22(36-30)14-21-3-7-28(31)35-21/h1-3,5-7,9-16,28,31,33-34,37-40H,4,8H2/b20-13-,22-14-,32-29-. The summed E-state index contributed by atoms with van der Waals surface area (Å²) >= 11 is 0. The Hall–Kier alpha value is -5.24. The topological polar surface area (TPSA) is 137 Å². The molecule has 0 aliphatic carbocycles. The van der Waals surface area contributed by atoms with Crippen molar-refractivity contribution in [2.45, 2.75) is 24.8 Å². The van der Waals surface area contributed by atoms with Gasteiger partial charge in [-0.3, -0.25) is 9.98 Å². The summed E-state index contributed by atoms with van der Waals surface area (Å²) in [5.74, 6) is -0.319. The van der Waals surface area contributed by atoms with Crippen LogP contribution in [0.2, 0.25) is 0 Å². The lowest BCUT2D eigenvalue weighted by molar-refractivity contribution is 0.447. The first-order valence-electron chi connectivity index (χ1n) is 13.1. The van der Waals surface area contributed by atoms with E-state index in [-0.39, 0.29) is 35.0 Å². The SMILES string of the molecule is Oc1cc(O)cc(/C2=c3\cc/c([nH]3)=C/c3ccc([nH]3)C(c3cc(O)cc(O)c3)C3C=CC(=N3)/C=C3/CCC2=N3)c1. The van der Waals surface area contributed by atoms with Crippen LogP contribution in [-0.2, 0) is 0 Å². The van der Waals surface area contributed by atoms with Crippen molar-refractivity contribution in [3.8, 4) is 23.0 Å². The molecule has 4 aromatic rings. The van der Waals surface area contributed by atoms with Crippen LogP contribution in [0, 0.1) is 0 Å². The molecule has 5 heterocycles. The lowest BCUT2D eigenvalue weighted by Crippen LogP contribution is -2.18. The van der Waals surface area contributed by atoms with Gasteiger partial charge in [-0.25, -0.2) is 0 Å². The number of fused-ring (bicyclic) bond motifs is 6. The van der Waals surface area contributed by atoms with E-state index in [1.807, 2.05) is 48.6 Å². The fourth-order valence-corrected chi connectivity index (χ4v) is 5.79. The summed E-state index contributed by atoms with van der Waals surface area (Å²) in [6.45, 7) is 0. The number of allylic oxidation sites excluding steroid dienone is 3. The number of aromatic hydroxyl groups is 4. The molecule has 40 heavy (non-hydrogen) atoms. The number of nitrogens with zero attached hydrogens (tertiary/aromatic N) is 2. The number of aliphatic imine (C=N–C) groups is 2. The smallest absolute Gasteiger partial charge is 0.119 e. The van der Waals surface area contributed by atoms with Gasteiger partial charge in [-0.2, -0.15) is 0 Å². The molecule has 0 radical (unpaired) electrons. The largest absolute Gasteiger partial charge is 0.508 e. The fraction of sp³-hybridized carbons (Fsp3) is 0.125. The van der Waals surface area contributed by atoms with Gasteiger partial charge in [-0.05, 0) is 90.7 Å². The molecule has 3 aliphatic rings. The highest BCUT2D eigenvalue weighted by Gasteiger charge is 2.28. The molecule has 198 valence electrons. The molecule has 2 aromatic carbocycles. The Morgan fingerprint density at radius 1 is 0.750 bits per heavy atom. The van der Waals surface area contributed by atoms with Gasteiger partial charge in [0.1, 0.15) is 23.0 Å². The zero-order chi connectivity index (χ0) is 27.4. The summed E-state index contributed by atoms with van der Waals surface area (Å²) in [6.07, 6.45) is 9.41. The van der Waals surface area contributed by atoms with E-state index in [1.54, 1.807) is 24.3 Å². The number of hydrogen-bond donors (Lipinski definition) is 6. The first kappa shape index (κ1) is 23.8. The predicted octanol–water partition coefficient (Wildman–Crippen LogP) is 3.84. The molecule has 0 saturated carbocycles. The molecule has 2 unspecified atom stereocenters. The Balaban J connectivity index is 1.45. The fourth-order valence-electron chi connectivity index (χ4n) is 5.79. The van der Waals surface area contributed by atoms with Crippen LogP contribution in [-0.4, -0.2) is 47.9 Å². The number of aromatic amines is 2. The number of hydrogen-bond acceptors (Lipinski definition) is 6. The number of rotatable bonds is 2. The highest BCUT2D eigenvalue weighted by atomic mass is 16.3. The Morgan fingerprint density at radius 2 is 1.50 bits per heavy atom. The minimum atomic E-state index is -0.263. The third kappa shape index (κ3) is 4.39. The predicted molar refractivity (Wildman–Crippen MR) is 153 cm³/mol. The van der Waals surface area contributed by atoms with Crippen LogP contribution in [0.25, 0.3) is 11.6 Å². The van der Waals surface area contributed by atoms with Crippen molar-refractivity contribution in [2.24, 2.45) is 9.98 Å². The number of H-pyrrole nitrogens is 2. The van der Waals surface area contributed by atoms with E-state index in [2.05, 4.69) is 9.97 Å². The van der Waals surface area contributed by atoms with Crippen molar-refractivity contribution in [3.63, 3.8) is 0 Å². The van der Waals surface area contributed by atoms with Crippen LogP contribution in [0.3, 0.4) is 0 Å². The highest BCUT2D eigenvalue weighted by Crippen LogP contribution is 2.36. The van der Waals surface area contributed by atoms with Gasteiger partial charge in [0, 0.05) is 45.5 Å². The second kappa shape index (κ2) is 9.20. The Bertz CT molecular complexity index is 1880. The lowest BCUT2D eigenvalue weighted by atomic mass is 9.88. The molecule has 0 fully saturated rings. The van der Waals surface area contributed by atoms with Crippen molar-refractivity contribution >= 4 is 23.1 Å². The molecule has 2 aromatic heterocycles. The Labute approximate surface area is 229 Å². The third-order valence-corrected chi connectivity index (χ3v) is 7.43. The van der Waals surface area contributed by atoms with Crippen LogP contribution in [0.15, 0.2) is 94.6 Å². The van der Waals surface area contributed by atoms with E-state index in [0.717, 1.165) is 56.8 Å². The molecule has 8 bridgehead atoms. The van der Waals surface area contributed by atoms with E-state index >= 15 is 0 Å². The molecule has 6 N–H and O–H groups in total. The minimum absolute atomic E-state index is 0.00683. The number of nitrogens with one attached hydrogen (secondary N) is 2. The summed E-state index contributed by atoms with van der Waals surface area (Å²) < 4.78 is 0. The van der Waals surface area contributed by atoms with Crippen molar-refractivity contribution in [1.82, 2.24) is 9.97 Å². The van der Waals surface area contributed by atoms with Crippen molar-refractivity contribution < 1.29 is 20.4 Å². The van der Waals surface area contributed by atoms with Gasteiger partial charge in [-0.1, -0.05) is 6.08 Å². The molecule has 8 nitrogen and oxygen atoms in total. The van der Waals surface area contributed by atoms with Crippen LogP contribution in [0.4, 0.5) is 0 Å². The van der Waals surface area contributed by atoms with Crippen LogP contribution < -0.4 is 10.7 Å². The number of phenolic OH excluding ortho intramolecular Hbond substituents is 4. The number of phenols is 4. The number of aromatic nitrogens is 2. The van der Waals surface area contributed by atoms with Gasteiger partial charge >= 0.3 is 0 Å². The van der Waals surface area contributed by atoms with Gasteiger partial charge in [0.25, 0.3) is 0 Å².